The second-order valence-corrected chi connectivity index (χ2v) is 9.98. The van der Waals surface area contributed by atoms with Crippen LogP contribution in [0.4, 0.5) is 0 Å². The van der Waals surface area contributed by atoms with E-state index >= 15 is 0 Å². The normalized spacial score (nSPS) is 15.9. The largest absolute Gasteiger partial charge is 0.458 e. The van der Waals surface area contributed by atoms with Crippen LogP contribution < -0.4 is 0 Å². The first-order valence-corrected chi connectivity index (χ1v) is 8.72. The first-order chi connectivity index (χ1) is 3.71. The van der Waals surface area contributed by atoms with Gasteiger partial charge in [-0.05, 0) is 32.7 Å². The van der Waals surface area contributed by atoms with Gasteiger partial charge in [-0.3, -0.25) is 0 Å². The smallest absolute Gasteiger partial charge is 0.170 e. The fourth-order valence-electron chi connectivity index (χ4n) is 0.612. The quantitative estimate of drug-likeness (QED) is 0.544. The number of rotatable bonds is 2. The molecule has 0 amide bonds. The highest BCUT2D eigenvalue weighted by molar-refractivity contribution is 6.76. The molecule has 0 aliphatic heterocycles. The van der Waals surface area contributed by atoms with Crippen molar-refractivity contribution in [3.8, 4) is 0 Å². The minimum Gasteiger partial charge on any atom is -0.458 e. The highest BCUT2D eigenvalue weighted by atomic mass is 28.4. The molecule has 0 saturated carbocycles. The minimum atomic E-state index is -1.98. The SMILES string of the molecule is [2H][Si](C)(C)O[Si](C)(C)C. The van der Waals surface area contributed by atoms with E-state index in [4.69, 9.17) is 5.35 Å². The van der Waals surface area contributed by atoms with Crippen molar-refractivity contribution in [1.82, 2.24) is 0 Å². The lowest BCUT2D eigenvalue weighted by atomic mass is 11.8. The van der Waals surface area contributed by atoms with Crippen LogP contribution in [0.2, 0.25) is 32.7 Å². The summed E-state index contributed by atoms with van der Waals surface area (Å²) >= 11 is 0. The lowest BCUT2D eigenvalue weighted by Crippen LogP contribution is -2.31. The van der Waals surface area contributed by atoms with Crippen molar-refractivity contribution in [2.45, 2.75) is 32.7 Å². The fourth-order valence-corrected chi connectivity index (χ4v) is 5.51. The Bertz CT molecular complexity index is 80.1. The second-order valence-electron chi connectivity index (χ2n) is 3.12. The van der Waals surface area contributed by atoms with E-state index in [0.29, 0.717) is 0 Å². The molecule has 50 valence electrons. The van der Waals surface area contributed by atoms with Crippen LogP contribution in [0.25, 0.3) is 0 Å². The average Bonchev–Trinajstić information content (AvgIpc) is 1.14. The van der Waals surface area contributed by atoms with Gasteiger partial charge in [0.25, 0.3) is 0 Å². The predicted molar refractivity (Wildman–Crippen MR) is 43.3 cm³/mol. The molecule has 0 aromatic carbocycles. The fraction of sp³-hybridized carbons (Fsp3) is 1.00. The zero-order valence-corrected chi connectivity index (χ0v) is 8.41. The van der Waals surface area contributed by atoms with Crippen LogP contribution in [0, 0.1) is 0 Å². The maximum atomic E-state index is 7.54. The molecule has 0 aliphatic carbocycles. The van der Waals surface area contributed by atoms with Gasteiger partial charge >= 0.3 is 0 Å². The van der Waals surface area contributed by atoms with Crippen LogP contribution in [0.5, 0.6) is 0 Å². The highest BCUT2D eigenvalue weighted by Crippen LogP contribution is 2.03. The molecule has 0 radical (unpaired) electrons. The van der Waals surface area contributed by atoms with Crippen molar-refractivity contribution in [3.63, 3.8) is 0 Å². The topological polar surface area (TPSA) is 9.23 Å². The molecule has 0 atom stereocenters. The Labute approximate surface area is 56.1 Å². The molecule has 8 heavy (non-hydrogen) atoms. The van der Waals surface area contributed by atoms with Crippen molar-refractivity contribution in [2.24, 2.45) is 0 Å². The Balaban J connectivity index is 3.75. The summed E-state index contributed by atoms with van der Waals surface area (Å²) in [4.78, 5) is 0. The standard InChI is InChI=1S/C5H16OSi2/c1-7(2)6-8(3,4)5/h7H,1-5H3/i7D. The third-order valence-electron chi connectivity index (χ3n) is 0.510. The molecule has 0 unspecified atom stereocenters. The van der Waals surface area contributed by atoms with Crippen LogP contribution in [0.1, 0.15) is 0 Å². The molecule has 0 fully saturated rings. The predicted octanol–water partition coefficient (Wildman–Crippen LogP) is 1.82. The number of hydrogen-bond donors (Lipinski definition) is 0. The van der Waals surface area contributed by atoms with Gasteiger partial charge in [-0.2, -0.15) is 0 Å². The third kappa shape index (κ3) is 6.39. The van der Waals surface area contributed by atoms with Crippen LogP contribution in [0.15, 0.2) is 0 Å². The molecule has 3 heteroatoms. The Morgan fingerprint density at radius 3 is 1.75 bits per heavy atom. The summed E-state index contributed by atoms with van der Waals surface area (Å²) in [6.45, 7) is 10.2. The van der Waals surface area contributed by atoms with Crippen LogP contribution in [-0.4, -0.2) is 18.5 Å². The molecule has 0 rings (SSSR count). The van der Waals surface area contributed by atoms with Gasteiger partial charge in [0.1, 0.15) is 0 Å². The second kappa shape index (κ2) is 2.80. The first-order valence-electron chi connectivity index (χ1n) is 3.41. The van der Waals surface area contributed by atoms with Crippen molar-refractivity contribution in [3.05, 3.63) is 0 Å². The van der Waals surface area contributed by atoms with Crippen molar-refractivity contribution in [1.29, 1.82) is 1.23 Å². The molecular formula is C5H16OSi2. The highest BCUT2D eigenvalue weighted by Gasteiger charge is 2.14. The average molecular weight is 149 g/mol. The molecule has 0 aliphatic rings. The van der Waals surface area contributed by atoms with E-state index in [1.807, 2.05) is 13.1 Å². The summed E-state index contributed by atoms with van der Waals surface area (Å²) in [7, 11) is -3.40. The Morgan fingerprint density at radius 1 is 1.38 bits per heavy atom. The molecule has 0 spiro atoms. The molecule has 0 saturated heterocycles. The maximum absolute atomic E-state index is 7.54. The molecule has 0 N–H and O–H groups in total. The van der Waals surface area contributed by atoms with Crippen molar-refractivity contribution in [2.75, 3.05) is 0 Å². The van der Waals surface area contributed by atoms with Crippen LogP contribution >= 0.6 is 0 Å². The van der Waals surface area contributed by atoms with Gasteiger partial charge in [0.05, 0.1) is 0 Å². The molecule has 0 heterocycles. The van der Waals surface area contributed by atoms with Crippen LogP contribution in [0.3, 0.4) is 0 Å². The third-order valence-corrected chi connectivity index (χ3v) is 4.59. The maximum Gasteiger partial charge on any atom is 0.170 e. The summed E-state index contributed by atoms with van der Waals surface area (Å²) in [5.74, 6) is 0. The lowest BCUT2D eigenvalue weighted by molar-refractivity contribution is 0.583. The molecule has 1 nitrogen and oxygen atoms in total. The van der Waals surface area contributed by atoms with E-state index in [1.165, 1.54) is 0 Å². The van der Waals surface area contributed by atoms with Gasteiger partial charge in [-0.15, -0.1) is 0 Å². The zero-order valence-electron chi connectivity index (χ0n) is 7.41. The molecule has 0 aromatic rings. The van der Waals surface area contributed by atoms with Gasteiger partial charge in [-0.25, -0.2) is 0 Å². The first kappa shape index (κ1) is 6.51. The van der Waals surface area contributed by atoms with E-state index in [2.05, 4.69) is 19.6 Å². The summed E-state index contributed by atoms with van der Waals surface area (Å²) in [6, 6.07) is 0. The van der Waals surface area contributed by atoms with E-state index in [1.54, 1.807) is 0 Å². The van der Waals surface area contributed by atoms with Gasteiger partial charge in [0, 0.05) is 1.23 Å². The monoisotopic (exact) mass is 149 g/mol. The summed E-state index contributed by atoms with van der Waals surface area (Å²) in [5, 5.41) is 0. The van der Waals surface area contributed by atoms with Gasteiger partial charge < -0.3 is 4.12 Å². The van der Waals surface area contributed by atoms with Gasteiger partial charge in [0.15, 0.2) is 17.3 Å². The summed E-state index contributed by atoms with van der Waals surface area (Å²) < 4.78 is 13.1. The van der Waals surface area contributed by atoms with E-state index < -0.39 is 17.3 Å². The van der Waals surface area contributed by atoms with Crippen molar-refractivity contribution < 1.29 is 4.12 Å². The Morgan fingerprint density at radius 2 is 1.75 bits per heavy atom. The molecule has 0 aromatic heterocycles. The lowest BCUT2D eigenvalue weighted by Gasteiger charge is -2.19. The Kier molecular flexibility index (Phi) is 2.28. The van der Waals surface area contributed by atoms with Crippen molar-refractivity contribution >= 4 is 17.3 Å². The van der Waals surface area contributed by atoms with E-state index in [-0.39, 0.29) is 0 Å². The molecule has 0 bridgehead atoms. The van der Waals surface area contributed by atoms with Crippen LogP contribution in [-0.2, 0) is 4.12 Å². The summed E-state index contributed by atoms with van der Waals surface area (Å²) in [5.41, 5.74) is 0. The van der Waals surface area contributed by atoms with E-state index in [9.17, 15) is 0 Å². The van der Waals surface area contributed by atoms with Gasteiger partial charge in [0.2, 0.25) is 0 Å². The Hall–Kier alpha value is 0.394. The van der Waals surface area contributed by atoms with E-state index in [0.717, 1.165) is 0 Å². The zero-order chi connectivity index (χ0) is 7.71. The van der Waals surface area contributed by atoms with Gasteiger partial charge in [-0.1, -0.05) is 0 Å². The number of hydrogen-bond acceptors (Lipinski definition) is 1. The minimum absolute atomic E-state index is 1.42. The molecular weight excluding hydrogens is 132 g/mol. The summed E-state index contributed by atoms with van der Waals surface area (Å²) in [6.07, 6.45) is 0.